The molecule has 1 heteroatoms. The Balaban J connectivity index is 2.43. The van der Waals surface area contributed by atoms with Gasteiger partial charge in [0.1, 0.15) is 0 Å². The van der Waals surface area contributed by atoms with E-state index in [0.29, 0.717) is 0 Å². The maximum absolute atomic E-state index is 3.86. The molecule has 1 aliphatic carbocycles. The molecular weight excluding hydrogens is 230 g/mol. The fourth-order valence-corrected chi connectivity index (χ4v) is 3.82. The first-order chi connectivity index (χ1) is 9.21. The lowest BCUT2D eigenvalue weighted by molar-refractivity contribution is 0.196. The standard InChI is InChI=1S/C18H37N/c1-5-8-15(4)14-18(19-13-6-2)17-11-9-16(7-3)10-12-17/h15-19H,5-14H2,1-4H3. The van der Waals surface area contributed by atoms with E-state index >= 15 is 0 Å². The summed E-state index contributed by atoms with van der Waals surface area (Å²) in [5, 5.41) is 3.86. The molecule has 1 fully saturated rings. The topological polar surface area (TPSA) is 12.0 Å². The van der Waals surface area contributed by atoms with Crippen LogP contribution in [0, 0.1) is 17.8 Å². The predicted octanol–water partition coefficient (Wildman–Crippen LogP) is 5.40. The van der Waals surface area contributed by atoms with Gasteiger partial charge in [-0.3, -0.25) is 0 Å². The van der Waals surface area contributed by atoms with Crippen molar-refractivity contribution in [3.8, 4) is 0 Å². The fourth-order valence-electron chi connectivity index (χ4n) is 3.82. The first-order valence-corrected chi connectivity index (χ1v) is 8.94. The molecule has 2 unspecified atom stereocenters. The normalized spacial score (nSPS) is 27.2. The number of hydrogen-bond donors (Lipinski definition) is 1. The summed E-state index contributed by atoms with van der Waals surface area (Å²) in [6.45, 7) is 10.6. The van der Waals surface area contributed by atoms with Crippen LogP contribution >= 0.6 is 0 Å². The smallest absolute Gasteiger partial charge is 0.00978 e. The van der Waals surface area contributed by atoms with E-state index in [1.165, 1.54) is 64.3 Å². The van der Waals surface area contributed by atoms with Gasteiger partial charge in [-0.1, -0.05) is 59.8 Å². The van der Waals surface area contributed by atoms with E-state index in [1.54, 1.807) is 0 Å². The fraction of sp³-hybridized carbons (Fsp3) is 1.00. The van der Waals surface area contributed by atoms with Gasteiger partial charge in [0.15, 0.2) is 0 Å². The Bertz CT molecular complexity index is 206. The molecule has 0 aliphatic heterocycles. The minimum Gasteiger partial charge on any atom is -0.314 e. The first-order valence-electron chi connectivity index (χ1n) is 8.94. The maximum Gasteiger partial charge on any atom is 0.00978 e. The van der Waals surface area contributed by atoms with Crippen LogP contribution in [-0.2, 0) is 0 Å². The average molecular weight is 268 g/mol. The second-order valence-electron chi connectivity index (χ2n) is 6.88. The van der Waals surface area contributed by atoms with Crippen molar-refractivity contribution >= 4 is 0 Å². The summed E-state index contributed by atoms with van der Waals surface area (Å²) in [5.74, 6) is 2.87. The Kier molecular flexibility index (Phi) is 8.77. The summed E-state index contributed by atoms with van der Waals surface area (Å²) >= 11 is 0. The van der Waals surface area contributed by atoms with Crippen LogP contribution in [0.15, 0.2) is 0 Å². The zero-order chi connectivity index (χ0) is 14.1. The lowest BCUT2D eigenvalue weighted by Crippen LogP contribution is -2.39. The Hall–Kier alpha value is -0.0400. The second-order valence-corrected chi connectivity index (χ2v) is 6.88. The van der Waals surface area contributed by atoms with E-state index < -0.39 is 0 Å². The monoisotopic (exact) mass is 267 g/mol. The summed E-state index contributed by atoms with van der Waals surface area (Å²) in [7, 11) is 0. The number of nitrogens with one attached hydrogen (secondary N) is 1. The summed E-state index contributed by atoms with van der Waals surface area (Å²) in [4.78, 5) is 0. The van der Waals surface area contributed by atoms with E-state index in [0.717, 1.165) is 23.8 Å². The summed E-state index contributed by atoms with van der Waals surface area (Å²) in [5.41, 5.74) is 0. The Morgan fingerprint density at radius 2 is 1.68 bits per heavy atom. The molecule has 0 heterocycles. The van der Waals surface area contributed by atoms with Gasteiger partial charge in [-0.05, 0) is 50.0 Å². The Morgan fingerprint density at radius 3 is 2.21 bits per heavy atom. The third-order valence-corrected chi connectivity index (χ3v) is 5.13. The molecule has 0 aromatic rings. The van der Waals surface area contributed by atoms with Gasteiger partial charge in [-0.25, -0.2) is 0 Å². The highest BCUT2D eigenvalue weighted by atomic mass is 14.9. The second kappa shape index (κ2) is 9.80. The molecular formula is C18H37N. The molecule has 19 heavy (non-hydrogen) atoms. The van der Waals surface area contributed by atoms with Crippen molar-refractivity contribution in [1.82, 2.24) is 5.32 Å². The van der Waals surface area contributed by atoms with Crippen LogP contribution in [0.3, 0.4) is 0 Å². The third-order valence-electron chi connectivity index (χ3n) is 5.13. The highest BCUT2D eigenvalue weighted by molar-refractivity contribution is 4.83. The molecule has 114 valence electrons. The van der Waals surface area contributed by atoms with Crippen molar-refractivity contribution in [3.05, 3.63) is 0 Å². The lowest BCUT2D eigenvalue weighted by atomic mass is 9.75. The molecule has 0 radical (unpaired) electrons. The molecule has 1 N–H and O–H groups in total. The van der Waals surface area contributed by atoms with Gasteiger partial charge >= 0.3 is 0 Å². The van der Waals surface area contributed by atoms with Gasteiger partial charge in [-0.2, -0.15) is 0 Å². The van der Waals surface area contributed by atoms with Gasteiger partial charge < -0.3 is 5.32 Å². The molecule has 0 spiro atoms. The SMILES string of the molecule is CCCNC(CC(C)CCC)C1CCC(CC)CC1. The van der Waals surface area contributed by atoms with Gasteiger partial charge in [0, 0.05) is 6.04 Å². The minimum atomic E-state index is 0.791. The van der Waals surface area contributed by atoms with E-state index in [-0.39, 0.29) is 0 Å². The van der Waals surface area contributed by atoms with E-state index in [2.05, 4.69) is 33.0 Å². The third kappa shape index (κ3) is 6.29. The quantitative estimate of drug-likeness (QED) is 0.590. The van der Waals surface area contributed by atoms with Crippen LogP contribution in [0.1, 0.15) is 85.5 Å². The van der Waals surface area contributed by atoms with Crippen LogP contribution in [0.5, 0.6) is 0 Å². The van der Waals surface area contributed by atoms with Crippen LogP contribution in [0.4, 0.5) is 0 Å². The highest BCUT2D eigenvalue weighted by Crippen LogP contribution is 2.34. The summed E-state index contributed by atoms with van der Waals surface area (Å²) in [6.07, 6.45) is 12.7. The molecule has 1 rings (SSSR count). The van der Waals surface area contributed by atoms with E-state index in [4.69, 9.17) is 0 Å². The van der Waals surface area contributed by atoms with E-state index in [1.807, 2.05) is 0 Å². The number of rotatable bonds is 9. The van der Waals surface area contributed by atoms with Gasteiger partial charge in [0.05, 0.1) is 0 Å². The molecule has 0 amide bonds. The van der Waals surface area contributed by atoms with Crippen molar-refractivity contribution in [2.24, 2.45) is 17.8 Å². The van der Waals surface area contributed by atoms with Crippen molar-refractivity contribution in [3.63, 3.8) is 0 Å². The lowest BCUT2D eigenvalue weighted by Gasteiger charge is -2.35. The molecule has 1 aliphatic rings. The van der Waals surface area contributed by atoms with Crippen LogP contribution in [0.25, 0.3) is 0 Å². The number of hydrogen-bond acceptors (Lipinski definition) is 1. The molecule has 2 atom stereocenters. The van der Waals surface area contributed by atoms with Crippen molar-refractivity contribution < 1.29 is 0 Å². The summed E-state index contributed by atoms with van der Waals surface area (Å²) in [6, 6.07) is 0.791. The van der Waals surface area contributed by atoms with E-state index in [9.17, 15) is 0 Å². The minimum absolute atomic E-state index is 0.791. The summed E-state index contributed by atoms with van der Waals surface area (Å²) < 4.78 is 0. The predicted molar refractivity (Wildman–Crippen MR) is 86.5 cm³/mol. The van der Waals surface area contributed by atoms with Gasteiger partial charge in [-0.15, -0.1) is 0 Å². The first kappa shape index (κ1) is 17.0. The molecule has 0 saturated heterocycles. The van der Waals surface area contributed by atoms with Crippen LogP contribution in [0.2, 0.25) is 0 Å². The Morgan fingerprint density at radius 1 is 1.00 bits per heavy atom. The van der Waals surface area contributed by atoms with Gasteiger partial charge in [0.2, 0.25) is 0 Å². The highest BCUT2D eigenvalue weighted by Gasteiger charge is 2.27. The maximum atomic E-state index is 3.86. The zero-order valence-corrected chi connectivity index (χ0v) is 13.9. The van der Waals surface area contributed by atoms with Crippen molar-refractivity contribution in [2.45, 2.75) is 91.5 Å². The van der Waals surface area contributed by atoms with Crippen LogP contribution < -0.4 is 5.32 Å². The largest absolute Gasteiger partial charge is 0.314 e. The zero-order valence-electron chi connectivity index (χ0n) is 13.9. The molecule has 1 saturated carbocycles. The molecule has 0 aromatic carbocycles. The Labute approximate surface area is 121 Å². The average Bonchev–Trinajstić information content (AvgIpc) is 2.44. The van der Waals surface area contributed by atoms with Crippen LogP contribution in [-0.4, -0.2) is 12.6 Å². The molecule has 0 aromatic heterocycles. The van der Waals surface area contributed by atoms with Gasteiger partial charge in [0.25, 0.3) is 0 Å². The molecule has 0 bridgehead atoms. The molecule has 1 nitrogen and oxygen atoms in total. The van der Waals surface area contributed by atoms with Crippen molar-refractivity contribution in [1.29, 1.82) is 0 Å². The van der Waals surface area contributed by atoms with Crippen molar-refractivity contribution in [2.75, 3.05) is 6.54 Å².